The summed E-state index contributed by atoms with van der Waals surface area (Å²) in [5.74, 6) is -0.163. The smallest absolute Gasteiger partial charge is 0.287 e. The number of H-pyrrole nitrogens is 1. The molecule has 0 aliphatic carbocycles. The topological polar surface area (TPSA) is 113 Å². The van der Waals surface area contributed by atoms with Gasteiger partial charge in [0, 0.05) is 16.6 Å². The van der Waals surface area contributed by atoms with Gasteiger partial charge < -0.3 is 20.4 Å². The van der Waals surface area contributed by atoms with Gasteiger partial charge in [0.1, 0.15) is 10.6 Å². The molecule has 9 heteroatoms. The first-order chi connectivity index (χ1) is 14.1. The monoisotopic (exact) mass is 406 g/mol. The van der Waals surface area contributed by atoms with Crippen LogP contribution in [0.15, 0.2) is 47.3 Å². The van der Waals surface area contributed by atoms with Crippen LogP contribution in [0.25, 0.3) is 20.3 Å². The fourth-order valence-electron chi connectivity index (χ4n) is 3.23. The maximum Gasteiger partial charge on any atom is 0.287 e. The Balaban J connectivity index is 1.38. The lowest BCUT2D eigenvalue weighted by molar-refractivity contribution is -0.118. The van der Waals surface area contributed by atoms with Crippen LogP contribution in [0, 0.1) is 0 Å². The van der Waals surface area contributed by atoms with Crippen LogP contribution in [0.5, 0.6) is 5.75 Å². The number of carbonyl (C=O) groups is 2. The zero-order valence-corrected chi connectivity index (χ0v) is 15.8. The first kappa shape index (κ1) is 17.4. The molecule has 2 aromatic carbocycles. The van der Waals surface area contributed by atoms with Crippen molar-refractivity contribution in [1.29, 1.82) is 0 Å². The van der Waals surface area contributed by atoms with Crippen molar-refractivity contribution < 1.29 is 14.3 Å². The van der Waals surface area contributed by atoms with E-state index in [0.717, 1.165) is 15.6 Å². The van der Waals surface area contributed by atoms with E-state index >= 15 is 0 Å². The van der Waals surface area contributed by atoms with Crippen LogP contribution in [0.2, 0.25) is 0 Å². The summed E-state index contributed by atoms with van der Waals surface area (Å²) >= 11 is 1.38. The molecule has 0 atom stereocenters. The molecule has 0 bridgehead atoms. The first-order valence-corrected chi connectivity index (χ1v) is 9.65. The van der Waals surface area contributed by atoms with E-state index in [1.807, 2.05) is 24.3 Å². The maximum atomic E-state index is 12.5. The van der Waals surface area contributed by atoms with Crippen molar-refractivity contribution in [3.05, 3.63) is 64.2 Å². The number of nitrogens with one attached hydrogen (secondary N) is 3. The number of hydrogen-bond donors (Lipinski definition) is 3. The summed E-state index contributed by atoms with van der Waals surface area (Å²) in [4.78, 5) is 43.8. The highest BCUT2D eigenvalue weighted by atomic mass is 32.1. The minimum atomic E-state index is -0.478. The molecule has 29 heavy (non-hydrogen) atoms. The fraction of sp³-hybridized carbons (Fsp3) is 0.100. The highest BCUT2D eigenvalue weighted by Crippen LogP contribution is 2.30. The summed E-state index contributed by atoms with van der Waals surface area (Å²) in [6, 6.07) is 12.8. The zero-order valence-electron chi connectivity index (χ0n) is 14.9. The van der Waals surface area contributed by atoms with Crippen molar-refractivity contribution in [2.45, 2.75) is 6.54 Å². The van der Waals surface area contributed by atoms with Crippen LogP contribution in [-0.2, 0) is 11.3 Å². The Hall–Kier alpha value is -3.72. The molecule has 4 aromatic rings. The molecule has 0 fully saturated rings. The number of hydrogen-bond acceptors (Lipinski definition) is 6. The average molecular weight is 406 g/mol. The molecule has 0 saturated heterocycles. The van der Waals surface area contributed by atoms with Crippen molar-refractivity contribution >= 4 is 49.1 Å². The van der Waals surface area contributed by atoms with Gasteiger partial charge in [0.15, 0.2) is 6.61 Å². The summed E-state index contributed by atoms with van der Waals surface area (Å²) in [6.07, 6.45) is 0. The van der Waals surface area contributed by atoms with E-state index < -0.39 is 5.91 Å². The van der Waals surface area contributed by atoms with Crippen LogP contribution >= 0.6 is 11.3 Å². The van der Waals surface area contributed by atoms with Crippen LogP contribution in [0.1, 0.15) is 16.2 Å². The van der Waals surface area contributed by atoms with Crippen molar-refractivity contribution in [2.24, 2.45) is 0 Å². The first-order valence-electron chi connectivity index (χ1n) is 8.84. The van der Waals surface area contributed by atoms with Gasteiger partial charge in [0.05, 0.1) is 11.1 Å². The summed E-state index contributed by atoms with van der Waals surface area (Å²) in [6.45, 7) is 0.181. The third kappa shape index (κ3) is 3.11. The normalized spacial score (nSPS) is 13.0. The Morgan fingerprint density at radius 3 is 2.97 bits per heavy atom. The minimum absolute atomic E-state index is 0.0319. The molecule has 2 aromatic heterocycles. The predicted molar refractivity (Wildman–Crippen MR) is 109 cm³/mol. The number of anilines is 1. The van der Waals surface area contributed by atoms with Gasteiger partial charge in [-0.05, 0) is 23.8 Å². The summed E-state index contributed by atoms with van der Waals surface area (Å²) in [7, 11) is 0. The highest BCUT2D eigenvalue weighted by Gasteiger charge is 2.17. The molecule has 144 valence electrons. The number of nitrogens with zero attached hydrogens (tertiary/aromatic N) is 1. The van der Waals surface area contributed by atoms with E-state index in [-0.39, 0.29) is 30.4 Å². The molecule has 5 rings (SSSR count). The molecule has 0 saturated carbocycles. The van der Waals surface area contributed by atoms with E-state index in [0.29, 0.717) is 21.7 Å². The van der Waals surface area contributed by atoms with Crippen LogP contribution in [0.4, 0.5) is 5.69 Å². The number of aromatic nitrogens is 2. The van der Waals surface area contributed by atoms with Gasteiger partial charge in [-0.3, -0.25) is 14.4 Å². The molecular formula is C20H14N4O4S. The Kier molecular flexibility index (Phi) is 4.02. The van der Waals surface area contributed by atoms with E-state index in [4.69, 9.17) is 4.74 Å². The van der Waals surface area contributed by atoms with Crippen LogP contribution < -0.4 is 20.9 Å². The molecule has 2 amide bonds. The standard InChI is InChI=1S/C20H14N4O4S/c25-15-9-28-13-7-10(5-6-12(13)22-15)8-21-19(27)17-23-18(26)16-11-3-1-2-4-14(11)29-20(16)24-17/h1-7H,8-9H2,(H,21,27)(H,22,25)(H,23,24,26). The number of benzene rings is 2. The van der Waals surface area contributed by atoms with Gasteiger partial charge in [0.2, 0.25) is 5.82 Å². The molecule has 0 radical (unpaired) electrons. The highest BCUT2D eigenvalue weighted by molar-refractivity contribution is 7.25. The second-order valence-electron chi connectivity index (χ2n) is 6.54. The third-order valence-electron chi connectivity index (χ3n) is 4.60. The Labute approximate surface area is 167 Å². The molecule has 3 N–H and O–H groups in total. The van der Waals surface area contributed by atoms with Gasteiger partial charge in [-0.25, -0.2) is 4.98 Å². The second-order valence-corrected chi connectivity index (χ2v) is 7.57. The molecular weight excluding hydrogens is 392 g/mol. The number of fused-ring (bicyclic) bond motifs is 4. The Morgan fingerprint density at radius 1 is 1.21 bits per heavy atom. The number of aromatic amines is 1. The lowest BCUT2D eigenvalue weighted by Gasteiger charge is -2.18. The summed E-state index contributed by atoms with van der Waals surface area (Å²) < 4.78 is 6.32. The Bertz CT molecular complexity index is 1360. The fourth-order valence-corrected chi connectivity index (χ4v) is 4.31. The predicted octanol–water partition coefficient (Wildman–Crippen LogP) is 2.40. The third-order valence-corrected chi connectivity index (χ3v) is 5.66. The van der Waals surface area contributed by atoms with E-state index in [9.17, 15) is 14.4 Å². The van der Waals surface area contributed by atoms with Crippen molar-refractivity contribution in [1.82, 2.24) is 15.3 Å². The molecule has 1 aliphatic heterocycles. The number of ether oxygens (including phenoxy) is 1. The van der Waals surface area contributed by atoms with Gasteiger partial charge in [-0.15, -0.1) is 11.3 Å². The SMILES string of the molecule is O=C1COc2cc(CNC(=O)c3nc4sc5ccccc5c4c(=O)[nH]3)ccc2N1. The maximum absolute atomic E-state index is 12.5. The Morgan fingerprint density at radius 2 is 2.07 bits per heavy atom. The average Bonchev–Trinajstić information content (AvgIpc) is 3.11. The van der Waals surface area contributed by atoms with Gasteiger partial charge >= 0.3 is 0 Å². The lowest BCUT2D eigenvalue weighted by atomic mass is 10.1. The molecule has 0 spiro atoms. The summed E-state index contributed by atoms with van der Waals surface area (Å²) in [5, 5.41) is 6.78. The zero-order chi connectivity index (χ0) is 20.0. The van der Waals surface area contributed by atoms with Gasteiger partial charge in [-0.1, -0.05) is 24.3 Å². The summed E-state index contributed by atoms with van der Waals surface area (Å²) in [5.41, 5.74) is 1.05. The van der Waals surface area contributed by atoms with Crippen LogP contribution in [-0.4, -0.2) is 28.4 Å². The van der Waals surface area contributed by atoms with E-state index in [1.165, 1.54) is 11.3 Å². The largest absolute Gasteiger partial charge is 0.482 e. The van der Waals surface area contributed by atoms with Crippen LogP contribution in [0.3, 0.4) is 0 Å². The van der Waals surface area contributed by atoms with Gasteiger partial charge in [0.25, 0.3) is 17.4 Å². The molecule has 3 heterocycles. The van der Waals surface area contributed by atoms with Crippen molar-refractivity contribution in [3.8, 4) is 5.75 Å². The molecule has 8 nitrogen and oxygen atoms in total. The van der Waals surface area contributed by atoms with Gasteiger partial charge in [-0.2, -0.15) is 0 Å². The number of amides is 2. The number of thiophene rings is 1. The minimum Gasteiger partial charge on any atom is -0.482 e. The van der Waals surface area contributed by atoms with Crippen molar-refractivity contribution in [2.75, 3.05) is 11.9 Å². The number of rotatable bonds is 3. The number of carbonyl (C=O) groups excluding carboxylic acids is 2. The lowest BCUT2D eigenvalue weighted by Crippen LogP contribution is -2.28. The van der Waals surface area contributed by atoms with E-state index in [2.05, 4.69) is 20.6 Å². The molecule has 1 aliphatic rings. The quantitative estimate of drug-likeness (QED) is 0.484. The molecule has 0 unspecified atom stereocenters. The van der Waals surface area contributed by atoms with E-state index in [1.54, 1.807) is 18.2 Å². The second kappa shape index (κ2) is 6.71. The van der Waals surface area contributed by atoms with Crippen molar-refractivity contribution in [3.63, 3.8) is 0 Å².